The van der Waals surface area contributed by atoms with Crippen LogP contribution in [0.15, 0.2) is 22.9 Å². The number of hydrogen-bond acceptors (Lipinski definition) is 9. The summed E-state index contributed by atoms with van der Waals surface area (Å²) in [6.45, 7) is 2.70. The van der Waals surface area contributed by atoms with Gasteiger partial charge in [0.05, 0.1) is 43.2 Å². The maximum atomic E-state index is 16.1. The van der Waals surface area contributed by atoms with Gasteiger partial charge in [-0.05, 0) is 69.3 Å². The van der Waals surface area contributed by atoms with Crippen molar-refractivity contribution in [2.24, 2.45) is 17.8 Å². The Labute approximate surface area is 291 Å². The Morgan fingerprint density at radius 2 is 1.78 bits per heavy atom. The van der Waals surface area contributed by atoms with Gasteiger partial charge in [0.2, 0.25) is 11.8 Å². The Morgan fingerprint density at radius 3 is 2.37 bits per heavy atom. The van der Waals surface area contributed by atoms with Crippen molar-refractivity contribution in [3.05, 3.63) is 41.0 Å². The van der Waals surface area contributed by atoms with Crippen LogP contribution in [0, 0.1) is 30.5 Å². The van der Waals surface area contributed by atoms with E-state index in [0.29, 0.717) is 44.8 Å². The van der Waals surface area contributed by atoms with E-state index in [1.165, 1.54) is 12.3 Å². The molecule has 2 aromatic rings. The first kappa shape index (κ1) is 34.3. The Balaban J connectivity index is 1.10. The third kappa shape index (κ3) is 6.81. The lowest BCUT2D eigenvalue weighted by Gasteiger charge is -2.51. The Bertz CT molecular complexity index is 1670. The van der Waals surface area contributed by atoms with Crippen molar-refractivity contribution in [2.75, 3.05) is 44.8 Å². The average Bonchev–Trinajstić information content (AvgIpc) is 4.01. The minimum Gasteiger partial charge on any atom is -0.487 e. The number of hydrogen-bond donors (Lipinski definition) is 2. The molecule has 1 spiro atoms. The number of benzene rings is 1. The van der Waals surface area contributed by atoms with Gasteiger partial charge in [-0.3, -0.25) is 19.3 Å². The van der Waals surface area contributed by atoms with E-state index in [1.54, 1.807) is 6.92 Å². The zero-order valence-corrected chi connectivity index (χ0v) is 28.2. The number of aromatic nitrogens is 1. The van der Waals surface area contributed by atoms with Crippen molar-refractivity contribution in [1.29, 1.82) is 0 Å². The molecule has 3 amide bonds. The molecule has 4 aliphatic heterocycles. The first-order valence-electron chi connectivity index (χ1n) is 17.7. The number of carbonyl (C=O) groups is 3. The van der Waals surface area contributed by atoms with E-state index in [0.717, 1.165) is 36.6 Å². The second kappa shape index (κ2) is 13.0. The molecule has 276 valence electrons. The van der Waals surface area contributed by atoms with Gasteiger partial charge in [0.1, 0.15) is 41.6 Å². The number of piperidine rings is 1. The molecule has 3 atom stereocenters. The molecule has 2 N–H and O–H groups in total. The molecule has 2 aliphatic carbocycles. The van der Waals surface area contributed by atoms with Gasteiger partial charge in [-0.25, -0.2) is 4.39 Å². The first-order valence-corrected chi connectivity index (χ1v) is 17.7. The first-order chi connectivity index (χ1) is 24.4. The van der Waals surface area contributed by atoms with Crippen molar-refractivity contribution >= 4 is 23.4 Å². The minimum absolute atomic E-state index is 0.140. The van der Waals surface area contributed by atoms with Gasteiger partial charge in [0.25, 0.3) is 5.91 Å². The van der Waals surface area contributed by atoms with E-state index >= 15 is 4.39 Å². The fourth-order valence-corrected chi connectivity index (χ4v) is 8.32. The number of aryl methyl sites for hydroxylation is 1. The lowest BCUT2D eigenvalue weighted by molar-refractivity contribution is -0.238. The van der Waals surface area contributed by atoms with Gasteiger partial charge in [-0.2, -0.15) is 13.2 Å². The molecular weight excluding hydrogens is 678 g/mol. The Morgan fingerprint density at radius 1 is 1.08 bits per heavy atom. The van der Waals surface area contributed by atoms with Crippen LogP contribution in [0.2, 0.25) is 0 Å². The average molecular weight is 720 g/mol. The summed E-state index contributed by atoms with van der Waals surface area (Å²) in [5.41, 5.74) is -0.242. The number of anilines is 1. The van der Waals surface area contributed by atoms with Gasteiger partial charge in [-0.1, -0.05) is 5.16 Å². The summed E-state index contributed by atoms with van der Waals surface area (Å²) in [5.74, 6) is -2.03. The molecule has 0 radical (unpaired) electrons. The second-order valence-electron chi connectivity index (χ2n) is 15.0. The van der Waals surface area contributed by atoms with Crippen LogP contribution in [-0.4, -0.2) is 102 Å². The summed E-state index contributed by atoms with van der Waals surface area (Å²) in [5, 5.41) is 9.36. The van der Waals surface area contributed by atoms with Crippen molar-refractivity contribution < 1.29 is 50.7 Å². The molecule has 2 unspecified atom stereocenters. The van der Waals surface area contributed by atoms with Crippen LogP contribution in [0.5, 0.6) is 5.75 Å². The van der Waals surface area contributed by atoms with Crippen LogP contribution in [0.4, 0.5) is 23.2 Å². The number of nitrogens with zero attached hydrogens (tertiary/aromatic N) is 3. The van der Waals surface area contributed by atoms with E-state index in [-0.39, 0.29) is 52.8 Å². The summed E-state index contributed by atoms with van der Waals surface area (Å²) in [4.78, 5) is 44.0. The van der Waals surface area contributed by atoms with Crippen molar-refractivity contribution in [3.63, 3.8) is 0 Å². The van der Waals surface area contributed by atoms with Crippen LogP contribution >= 0.6 is 0 Å². The van der Waals surface area contributed by atoms with E-state index in [1.807, 2.05) is 0 Å². The molecule has 1 aromatic heterocycles. The van der Waals surface area contributed by atoms with Gasteiger partial charge in [0, 0.05) is 31.1 Å². The highest BCUT2D eigenvalue weighted by Gasteiger charge is 2.52. The van der Waals surface area contributed by atoms with Gasteiger partial charge in [0.15, 0.2) is 6.10 Å². The number of ether oxygens (including phenoxy) is 3. The van der Waals surface area contributed by atoms with E-state index in [4.69, 9.17) is 18.7 Å². The fourth-order valence-electron chi connectivity index (χ4n) is 8.32. The van der Waals surface area contributed by atoms with E-state index in [9.17, 15) is 27.6 Å². The molecule has 5 heterocycles. The van der Waals surface area contributed by atoms with Crippen LogP contribution in [0.3, 0.4) is 0 Å². The van der Waals surface area contributed by atoms with E-state index < -0.39 is 66.7 Å². The summed E-state index contributed by atoms with van der Waals surface area (Å²) in [6, 6.07) is 0.909. The molecule has 1 aromatic carbocycles. The highest BCUT2D eigenvalue weighted by atomic mass is 19.4. The van der Waals surface area contributed by atoms with Crippen LogP contribution in [0.25, 0.3) is 0 Å². The maximum Gasteiger partial charge on any atom is 0.416 e. The number of carbonyl (C=O) groups excluding carboxylic acids is 3. The van der Waals surface area contributed by atoms with E-state index in [2.05, 4.69) is 20.7 Å². The van der Waals surface area contributed by atoms with Crippen molar-refractivity contribution in [3.8, 4) is 5.75 Å². The molecule has 16 heteroatoms. The number of fused-ring (bicyclic) bond motifs is 1. The zero-order valence-electron chi connectivity index (χ0n) is 28.2. The number of morpholine rings is 1. The number of amides is 3. The second-order valence-corrected chi connectivity index (χ2v) is 15.0. The van der Waals surface area contributed by atoms with Crippen LogP contribution < -0.4 is 15.4 Å². The summed E-state index contributed by atoms with van der Waals surface area (Å²) in [7, 11) is 0. The Kier molecular flexibility index (Phi) is 8.77. The monoisotopic (exact) mass is 719 g/mol. The Hall–Kier alpha value is -3.76. The highest BCUT2D eigenvalue weighted by molar-refractivity contribution is 6.02. The fraction of sp³-hybridized carbons (Fsp3) is 0.657. The maximum absolute atomic E-state index is 16.1. The third-order valence-corrected chi connectivity index (χ3v) is 11.6. The molecule has 2 saturated carbocycles. The normalized spacial score (nSPS) is 26.0. The van der Waals surface area contributed by atoms with Gasteiger partial charge in [-0.15, -0.1) is 0 Å². The predicted octanol–water partition coefficient (Wildman–Crippen LogP) is 4.14. The molecular formula is C35H41F4N5O7. The summed E-state index contributed by atoms with van der Waals surface area (Å²) < 4.78 is 79.4. The SMILES string of the molecule is Cc1nocc1C(=O)N[C@H](C(=O)Nc1cc2c(cc1F)C(N1CC(C(F)(F)F)OCC1=O)CC1(CCN(C3COC3)CC1)O2)C(C1CC1)C1CC1. The number of likely N-dealkylation sites (tertiary alicyclic amines) is 1. The number of nitrogens with one attached hydrogen (secondary N) is 2. The molecule has 3 saturated heterocycles. The van der Waals surface area contributed by atoms with Crippen molar-refractivity contribution in [1.82, 2.24) is 20.3 Å². The topological polar surface area (TPSA) is 135 Å². The summed E-state index contributed by atoms with van der Waals surface area (Å²) >= 11 is 0. The molecule has 6 aliphatic rings. The molecule has 12 nitrogen and oxygen atoms in total. The highest BCUT2D eigenvalue weighted by Crippen LogP contribution is 2.52. The third-order valence-electron chi connectivity index (χ3n) is 11.6. The molecule has 8 rings (SSSR count). The van der Waals surface area contributed by atoms with Crippen LogP contribution in [0.1, 0.15) is 72.6 Å². The lowest BCUT2D eigenvalue weighted by Crippen LogP contribution is -2.59. The predicted molar refractivity (Wildman–Crippen MR) is 170 cm³/mol. The number of rotatable bonds is 9. The number of alkyl halides is 3. The number of halogens is 4. The molecule has 51 heavy (non-hydrogen) atoms. The van der Waals surface area contributed by atoms with Crippen LogP contribution in [-0.2, 0) is 19.1 Å². The molecule has 0 bridgehead atoms. The van der Waals surface area contributed by atoms with Crippen molar-refractivity contribution in [2.45, 2.75) is 87.9 Å². The quantitative estimate of drug-likeness (QED) is 0.367. The lowest BCUT2D eigenvalue weighted by atomic mass is 9.79. The molecule has 5 fully saturated rings. The minimum atomic E-state index is -4.70. The smallest absolute Gasteiger partial charge is 0.416 e. The van der Waals surface area contributed by atoms with Gasteiger partial charge < -0.3 is 34.3 Å². The summed E-state index contributed by atoms with van der Waals surface area (Å²) in [6.07, 6.45) is -0.708. The zero-order chi connectivity index (χ0) is 35.7. The van der Waals surface area contributed by atoms with Gasteiger partial charge >= 0.3 is 6.18 Å². The largest absolute Gasteiger partial charge is 0.487 e. The standard InChI is InChI=1S/C35H41F4N5O7/c1-18-23(16-50-42-18)32(46)41-31(30(19-2-3-19)20-4-5-20)33(47)40-25-11-27-22(10-24(25)36)26(44-13-28(35(37,38)39)49-17-29(44)45)12-34(51-27)6-8-43(9-7-34)21-14-48-15-21/h10-11,16,19-21,26,28,30-31H,2-9,12-15,17H2,1H3,(H,40,47)(H,41,46)/t26?,28?,31-/m0/s1.